The van der Waals surface area contributed by atoms with Gasteiger partial charge in [0.2, 0.25) is 0 Å². The molecule has 1 fully saturated rings. The number of nitrogens with one attached hydrogen (secondary N) is 1. The van der Waals surface area contributed by atoms with Crippen molar-refractivity contribution < 1.29 is 9.90 Å². The molecule has 3 unspecified atom stereocenters. The van der Waals surface area contributed by atoms with Crippen molar-refractivity contribution in [3.63, 3.8) is 0 Å². The minimum Gasteiger partial charge on any atom is -0.393 e. The molecule has 2 aromatic heterocycles. The second kappa shape index (κ2) is 7.39. The molecule has 2 heterocycles. The summed E-state index contributed by atoms with van der Waals surface area (Å²) in [5.41, 5.74) is 0.764. The Labute approximate surface area is 148 Å². The highest BCUT2D eigenvalue weighted by atomic mass is 16.3. The van der Waals surface area contributed by atoms with Crippen molar-refractivity contribution in [2.45, 2.75) is 45.3 Å². The Hall–Kier alpha value is -2.15. The van der Waals surface area contributed by atoms with Gasteiger partial charge in [0.1, 0.15) is 0 Å². The Morgan fingerprint density at radius 2 is 2.20 bits per heavy atom. The number of pyridine rings is 1. The summed E-state index contributed by atoms with van der Waals surface area (Å²) in [4.78, 5) is 14.3. The van der Waals surface area contributed by atoms with Gasteiger partial charge in [-0.2, -0.15) is 0 Å². The molecule has 25 heavy (non-hydrogen) atoms. The van der Waals surface area contributed by atoms with Gasteiger partial charge in [-0.05, 0) is 30.9 Å². The lowest BCUT2D eigenvalue weighted by Gasteiger charge is -2.27. The van der Waals surface area contributed by atoms with Gasteiger partial charge in [0.15, 0.2) is 11.5 Å². The fourth-order valence-electron chi connectivity index (χ4n) is 3.51. The Bertz CT molecular complexity index is 729. The van der Waals surface area contributed by atoms with E-state index in [0.717, 1.165) is 30.7 Å². The molecule has 3 atom stereocenters. The monoisotopic (exact) mass is 345 g/mol. The van der Waals surface area contributed by atoms with E-state index in [4.69, 9.17) is 0 Å². The van der Waals surface area contributed by atoms with Crippen molar-refractivity contribution in [1.82, 2.24) is 24.8 Å². The molecule has 0 aromatic carbocycles. The van der Waals surface area contributed by atoms with Crippen molar-refractivity contribution in [1.29, 1.82) is 0 Å². The summed E-state index contributed by atoms with van der Waals surface area (Å²) >= 11 is 0. The van der Waals surface area contributed by atoms with E-state index < -0.39 is 0 Å². The molecule has 2 aromatic rings. The standard InChI is InChI=1S/C18H27N5O2/c1-12(2)16(17-21-20-15-9-4-5-10-23(15)17)19-18(25)22(3)11-13-7-6-8-14(13)24/h4-5,9-10,12-14,16,24H,6-8,11H2,1-3H3,(H,19,25). The van der Waals surface area contributed by atoms with Gasteiger partial charge in [-0.15, -0.1) is 10.2 Å². The zero-order valence-electron chi connectivity index (χ0n) is 15.1. The van der Waals surface area contributed by atoms with Crippen LogP contribution in [0.25, 0.3) is 5.65 Å². The van der Waals surface area contributed by atoms with Crippen molar-refractivity contribution >= 4 is 11.7 Å². The second-order valence-electron chi connectivity index (χ2n) is 7.30. The van der Waals surface area contributed by atoms with Crippen molar-refractivity contribution in [2.24, 2.45) is 11.8 Å². The van der Waals surface area contributed by atoms with Crippen LogP contribution in [0.1, 0.15) is 45.0 Å². The summed E-state index contributed by atoms with van der Waals surface area (Å²) in [5, 5.41) is 21.5. The third-order valence-corrected chi connectivity index (χ3v) is 5.04. The van der Waals surface area contributed by atoms with E-state index in [1.165, 1.54) is 0 Å². The first-order valence-corrected chi connectivity index (χ1v) is 8.96. The molecular formula is C18H27N5O2. The summed E-state index contributed by atoms with van der Waals surface area (Å²) in [6.45, 7) is 4.67. The highest BCUT2D eigenvalue weighted by Crippen LogP contribution is 2.26. The first-order chi connectivity index (χ1) is 12.0. The molecule has 2 N–H and O–H groups in total. The van der Waals surface area contributed by atoms with Crippen LogP contribution < -0.4 is 5.32 Å². The van der Waals surface area contributed by atoms with Crippen molar-refractivity contribution in [3.05, 3.63) is 30.2 Å². The Morgan fingerprint density at radius 3 is 2.88 bits per heavy atom. The van der Waals surface area contributed by atoms with Gasteiger partial charge in [-0.3, -0.25) is 4.40 Å². The van der Waals surface area contributed by atoms with Crippen LogP contribution in [0, 0.1) is 11.8 Å². The van der Waals surface area contributed by atoms with E-state index in [1.54, 1.807) is 11.9 Å². The van der Waals surface area contributed by atoms with Gasteiger partial charge in [0.05, 0.1) is 12.1 Å². The molecule has 7 nitrogen and oxygen atoms in total. The lowest BCUT2D eigenvalue weighted by atomic mass is 10.0. The fourth-order valence-corrected chi connectivity index (χ4v) is 3.51. The molecule has 7 heteroatoms. The third-order valence-electron chi connectivity index (χ3n) is 5.04. The number of hydrogen-bond acceptors (Lipinski definition) is 4. The topological polar surface area (TPSA) is 82.8 Å². The molecule has 3 rings (SSSR count). The molecule has 0 saturated heterocycles. The molecule has 0 aliphatic heterocycles. The van der Waals surface area contributed by atoms with Crippen LogP contribution in [-0.4, -0.2) is 50.3 Å². The largest absolute Gasteiger partial charge is 0.393 e. The third kappa shape index (κ3) is 3.76. The summed E-state index contributed by atoms with van der Waals surface area (Å²) in [7, 11) is 1.78. The van der Waals surface area contributed by atoms with Crippen LogP contribution in [0.3, 0.4) is 0 Å². The number of carbonyl (C=O) groups excluding carboxylic acids is 1. The van der Waals surface area contributed by atoms with E-state index in [1.807, 2.05) is 28.8 Å². The van der Waals surface area contributed by atoms with Crippen LogP contribution >= 0.6 is 0 Å². The molecule has 1 aliphatic carbocycles. The van der Waals surface area contributed by atoms with Crippen LogP contribution in [0.4, 0.5) is 4.79 Å². The normalized spacial score (nSPS) is 21.6. The number of urea groups is 1. The second-order valence-corrected chi connectivity index (χ2v) is 7.30. The first-order valence-electron chi connectivity index (χ1n) is 8.96. The minimum absolute atomic E-state index is 0.148. The molecule has 1 aliphatic rings. The Balaban J connectivity index is 1.72. The smallest absolute Gasteiger partial charge is 0.317 e. The predicted octanol–water partition coefficient (Wildman–Crippen LogP) is 2.23. The van der Waals surface area contributed by atoms with Gasteiger partial charge >= 0.3 is 6.03 Å². The zero-order valence-corrected chi connectivity index (χ0v) is 15.1. The van der Waals surface area contributed by atoms with Crippen LogP contribution in [0.5, 0.6) is 0 Å². The van der Waals surface area contributed by atoms with Gasteiger partial charge in [-0.25, -0.2) is 4.79 Å². The molecule has 0 radical (unpaired) electrons. The van der Waals surface area contributed by atoms with E-state index >= 15 is 0 Å². The van der Waals surface area contributed by atoms with Gasteiger partial charge in [0.25, 0.3) is 0 Å². The van der Waals surface area contributed by atoms with Gasteiger partial charge in [-0.1, -0.05) is 26.3 Å². The average molecular weight is 345 g/mol. The molecule has 0 spiro atoms. The number of fused-ring (bicyclic) bond motifs is 1. The van der Waals surface area contributed by atoms with Crippen LogP contribution in [0.2, 0.25) is 0 Å². The maximum Gasteiger partial charge on any atom is 0.317 e. The molecule has 2 amide bonds. The average Bonchev–Trinajstić information content (AvgIpc) is 3.19. The SMILES string of the molecule is CC(C)C(NC(=O)N(C)CC1CCCC1O)c1nnc2ccccn12. The summed E-state index contributed by atoms with van der Waals surface area (Å²) < 4.78 is 1.91. The molecule has 136 valence electrons. The summed E-state index contributed by atoms with van der Waals surface area (Å²) in [6.07, 6.45) is 4.45. The van der Waals surface area contributed by atoms with Crippen LogP contribution in [-0.2, 0) is 0 Å². The molecule has 1 saturated carbocycles. The lowest BCUT2D eigenvalue weighted by molar-refractivity contribution is 0.113. The quantitative estimate of drug-likeness (QED) is 0.870. The number of rotatable bonds is 5. The Morgan fingerprint density at radius 1 is 1.40 bits per heavy atom. The maximum absolute atomic E-state index is 12.7. The van der Waals surface area contributed by atoms with Crippen LogP contribution in [0.15, 0.2) is 24.4 Å². The van der Waals surface area contributed by atoms with E-state index in [0.29, 0.717) is 6.54 Å². The first kappa shape index (κ1) is 17.7. The maximum atomic E-state index is 12.7. The minimum atomic E-state index is -0.295. The van der Waals surface area contributed by atoms with Crippen molar-refractivity contribution in [2.75, 3.05) is 13.6 Å². The highest BCUT2D eigenvalue weighted by Gasteiger charge is 2.29. The summed E-state index contributed by atoms with van der Waals surface area (Å²) in [6, 6.07) is 5.35. The number of carbonyl (C=O) groups is 1. The highest BCUT2D eigenvalue weighted by molar-refractivity contribution is 5.74. The van der Waals surface area contributed by atoms with E-state index in [2.05, 4.69) is 29.4 Å². The predicted molar refractivity (Wildman–Crippen MR) is 95.1 cm³/mol. The van der Waals surface area contributed by atoms with E-state index in [9.17, 15) is 9.90 Å². The fraction of sp³-hybridized carbons (Fsp3) is 0.611. The van der Waals surface area contributed by atoms with Gasteiger partial charge in [0, 0.05) is 25.7 Å². The number of aliphatic hydroxyl groups excluding tert-OH is 1. The van der Waals surface area contributed by atoms with Gasteiger partial charge < -0.3 is 15.3 Å². The Kier molecular flexibility index (Phi) is 5.22. The number of aliphatic hydroxyl groups is 1. The zero-order chi connectivity index (χ0) is 18.0. The number of hydrogen-bond donors (Lipinski definition) is 2. The van der Waals surface area contributed by atoms with E-state index in [-0.39, 0.29) is 30.0 Å². The number of nitrogens with zero attached hydrogens (tertiary/aromatic N) is 4. The van der Waals surface area contributed by atoms with Crippen molar-refractivity contribution in [3.8, 4) is 0 Å². The summed E-state index contributed by atoms with van der Waals surface area (Å²) in [5.74, 6) is 1.07. The molecular weight excluding hydrogens is 318 g/mol. The lowest BCUT2D eigenvalue weighted by Crippen LogP contribution is -2.44. The number of aromatic nitrogens is 3. The number of amides is 2. The molecule has 0 bridgehead atoms.